The van der Waals surface area contributed by atoms with Gasteiger partial charge in [-0.3, -0.25) is 14.4 Å². The van der Waals surface area contributed by atoms with Crippen LogP contribution in [0.2, 0.25) is 0 Å². The summed E-state index contributed by atoms with van der Waals surface area (Å²) in [6, 6.07) is -0.687. The van der Waals surface area contributed by atoms with Crippen LogP contribution in [0.25, 0.3) is 0 Å². The Hall–Kier alpha value is -2.67. The lowest BCUT2D eigenvalue weighted by Crippen LogP contribution is -2.43. The Labute approximate surface area is 212 Å². The van der Waals surface area contributed by atoms with Gasteiger partial charge in [0.1, 0.15) is 11.3 Å². The van der Waals surface area contributed by atoms with Crippen molar-refractivity contribution in [2.75, 3.05) is 6.54 Å². The number of fused-ring (bicyclic) bond motifs is 7. The molecule has 5 rings (SSSR count). The SMILES string of the molecule is C=C[C@H]1C[C@@H]2C[C@@H]3[C@H]4C/C=C\C(=O)NCCCC5NC(=O)C(=C(O)/C=C/[C@@H]4C[C@H](O)[C@H]3[C@@H]2[C@H]1C)C5=O. The molecule has 0 aromatic carbocycles. The maximum absolute atomic E-state index is 12.8. The molecular formula is C29H38N2O5. The Balaban J connectivity index is 1.46. The van der Waals surface area contributed by atoms with Crippen LogP contribution in [0.15, 0.2) is 48.3 Å². The maximum atomic E-state index is 12.8. The van der Waals surface area contributed by atoms with Crippen molar-refractivity contribution in [1.29, 1.82) is 0 Å². The molecule has 0 radical (unpaired) electrons. The third-order valence-corrected chi connectivity index (χ3v) is 9.78. The molecule has 4 N–H and O–H groups in total. The van der Waals surface area contributed by atoms with Gasteiger partial charge < -0.3 is 20.8 Å². The Morgan fingerprint density at radius 1 is 1.08 bits per heavy atom. The molecule has 2 heterocycles. The first-order valence-electron chi connectivity index (χ1n) is 13.5. The summed E-state index contributed by atoms with van der Waals surface area (Å²) in [6.45, 7) is 6.74. The van der Waals surface area contributed by atoms with Gasteiger partial charge in [0.15, 0.2) is 5.78 Å². The fourth-order valence-corrected chi connectivity index (χ4v) is 8.19. The van der Waals surface area contributed by atoms with Gasteiger partial charge in [0.25, 0.3) is 5.91 Å². The van der Waals surface area contributed by atoms with E-state index in [9.17, 15) is 24.6 Å². The molecule has 1 unspecified atom stereocenters. The Morgan fingerprint density at radius 2 is 1.89 bits per heavy atom. The van der Waals surface area contributed by atoms with Crippen molar-refractivity contribution in [2.24, 2.45) is 47.3 Å². The number of Topliss-reactive ketones (excluding diaryl/α,β-unsaturated/α-hetero) is 1. The minimum absolute atomic E-state index is 0.0377. The van der Waals surface area contributed by atoms with E-state index in [0.29, 0.717) is 61.8 Å². The average Bonchev–Trinajstić information content (AvgIpc) is 3.46. The second kappa shape index (κ2) is 10.0. The molecule has 10 atom stereocenters. The fourth-order valence-electron chi connectivity index (χ4n) is 8.19. The van der Waals surface area contributed by atoms with Crippen molar-refractivity contribution < 1.29 is 24.6 Å². The molecule has 7 heteroatoms. The van der Waals surface area contributed by atoms with E-state index in [4.69, 9.17) is 0 Å². The number of rotatable bonds is 1. The van der Waals surface area contributed by atoms with E-state index >= 15 is 0 Å². The van der Waals surface area contributed by atoms with Crippen LogP contribution in [-0.4, -0.2) is 46.5 Å². The normalized spacial score (nSPS) is 44.8. The summed E-state index contributed by atoms with van der Waals surface area (Å²) >= 11 is 0. The number of carbonyl (C=O) groups is 3. The molecule has 3 saturated carbocycles. The zero-order chi connectivity index (χ0) is 25.6. The number of hydrogen-bond donors (Lipinski definition) is 4. The molecule has 4 fully saturated rings. The number of carbonyl (C=O) groups excluding carboxylic acids is 3. The largest absolute Gasteiger partial charge is 0.507 e. The number of amides is 2. The van der Waals surface area contributed by atoms with Crippen LogP contribution >= 0.6 is 0 Å². The van der Waals surface area contributed by atoms with E-state index in [-0.39, 0.29) is 35.0 Å². The molecule has 2 bridgehead atoms. The number of hydrogen-bond acceptors (Lipinski definition) is 5. The molecule has 2 aliphatic heterocycles. The molecule has 36 heavy (non-hydrogen) atoms. The van der Waals surface area contributed by atoms with Crippen molar-refractivity contribution in [3.63, 3.8) is 0 Å². The lowest BCUT2D eigenvalue weighted by atomic mass is 9.62. The first kappa shape index (κ1) is 25.0. The van der Waals surface area contributed by atoms with E-state index in [1.54, 1.807) is 6.08 Å². The Kier molecular flexibility index (Phi) is 6.95. The van der Waals surface area contributed by atoms with Crippen LogP contribution in [-0.2, 0) is 14.4 Å². The highest BCUT2D eigenvalue weighted by molar-refractivity contribution is 6.27. The highest BCUT2D eigenvalue weighted by atomic mass is 16.3. The van der Waals surface area contributed by atoms with Crippen molar-refractivity contribution >= 4 is 17.6 Å². The number of nitrogens with one attached hydrogen (secondary N) is 2. The molecule has 0 spiro atoms. The summed E-state index contributed by atoms with van der Waals surface area (Å²) in [6.07, 6.45) is 12.9. The average molecular weight is 495 g/mol. The Bertz CT molecular complexity index is 1030. The van der Waals surface area contributed by atoms with Crippen LogP contribution in [0.5, 0.6) is 0 Å². The molecular weight excluding hydrogens is 456 g/mol. The maximum Gasteiger partial charge on any atom is 0.259 e. The Morgan fingerprint density at radius 3 is 2.67 bits per heavy atom. The van der Waals surface area contributed by atoms with Crippen molar-refractivity contribution in [2.45, 2.75) is 57.6 Å². The first-order valence-corrected chi connectivity index (χ1v) is 13.5. The third kappa shape index (κ3) is 4.36. The van der Waals surface area contributed by atoms with Crippen LogP contribution < -0.4 is 10.6 Å². The third-order valence-electron chi connectivity index (χ3n) is 9.78. The van der Waals surface area contributed by atoms with Gasteiger partial charge in [0, 0.05) is 6.54 Å². The summed E-state index contributed by atoms with van der Waals surface area (Å²) in [5.74, 6) is 1.28. The molecule has 2 amide bonds. The molecule has 1 saturated heterocycles. The van der Waals surface area contributed by atoms with Crippen LogP contribution in [0.1, 0.15) is 45.4 Å². The topological polar surface area (TPSA) is 116 Å². The highest BCUT2D eigenvalue weighted by Crippen LogP contribution is 2.62. The second-order valence-electron chi connectivity index (χ2n) is 11.5. The highest BCUT2D eigenvalue weighted by Gasteiger charge is 2.57. The molecule has 0 aromatic heterocycles. The summed E-state index contributed by atoms with van der Waals surface area (Å²) in [5.41, 5.74) is -0.197. The van der Waals surface area contributed by atoms with Gasteiger partial charge in [0.05, 0.1) is 12.1 Å². The zero-order valence-corrected chi connectivity index (χ0v) is 20.9. The van der Waals surface area contributed by atoms with Crippen molar-refractivity contribution in [1.82, 2.24) is 10.6 Å². The lowest BCUT2D eigenvalue weighted by Gasteiger charge is -2.44. The number of ketones is 1. The van der Waals surface area contributed by atoms with Crippen LogP contribution in [0.3, 0.4) is 0 Å². The van der Waals surface area contributed by atoms with Gasteiger partial charge in [-0.1, -0.05) is 25.2 Å². The van der Waals surface area contributed by atoms with Crippen LogP contribution in [0.4, 0.5) is 0 Å². The molecule has 194 valence electrons. The number of aliphatic hydroxyl groups is 2. The zero-order valence-electron chi connectivity index (χ0n) is 20.9. The van der Waals surface area contributed by atoms with Crippen molar-refractivity contribution in [3.8, 4) is 0 Å². The second-order valence-corrected chi connectivity index (χ2v) is 11.5. The first-order chi connectivity index (χ1) is 17.3. The van der Waals surface area contributed by atoms with Gasteiger partial charge in [-0.05, 0) is 98.0 Å². The molecule has 0 aromatic rings. The summed E-state index contributed by atoms with van der Waals surface area (Å²) < 4.78 is 0. The van der Waals surface area contributed by atoms with Gasteiger partial charge in [-0.2, -0.15) is 0 Å². The van der Waals surface area contributed by atoms with Crippen LogP contribution in [0, 0.1) is 47.3 Å². The van der Waals surface area contributed by atoms with E-state index in [1.165, 1.54) is 6.08 Å². The van der Waals surface area contributed by atoms with Crippen molar-refractivity contribution in [3.05, 3.63) is 48.3 Å². The van der Waals surface area contributed by atoms with E-state index < -0.39 is 23.8 Å². The summed E-state index contributed by atoms with van der Waals surface area (Å²) in [5, 5.41) is 27.6. The summed E-state index contributed by atoms with van der Waals surface area (Å²) in [4.78, 5) is 37.6. The van der Waals surface area contributed by atoms with E-state index in [1.807, 2.05) is 12.2 Å². The van der Waals surface area contributed by atoms with E-state index in [0.717, 1.165) is 12.8 Å². The number of allylic oxidation sites excluding steroid dienone is 4. The van der Waals surface area contributed by atoms with E-state index in [2.05, 4.69) is 30.2 Å². The predicted octanol–water partition coefficient (Wildman–Crippen LogP) is 2.99. The van der Waals surface area contributed by atoms with Gasteiger partial charge >= 0.3 is 0 Å². The molecule has 3 aliphatic carbocycles. The smallest absolute Gasteiger partial charge is 0.259 e. The van der Waals surface area contributed by atoms with Gasteiger partial charge in [-0.15, -0.1) is 6.58 Å². The monoisotopic (exact) mass is 494 g/mol. The molecule has 7 nitrogen and oxygen atoms in total. The van der Waals surface area contributed by atoms with Gasteiger partial charge in [0.2, 0.25) is 5.91 Å². The quantitative estimate of drug-likeness (QED) is 0.330. The molecule has 5 aliphatic rings. The van der Waals surface area contributed by atoms with Gasteiger partial charge in [-0.25, -0.2) is 0 Å². The lowest BCUT2D eigenvalue weighted by molar-refractivity contribution is -0.118. The fraction of sp³-hybridized carbons (Fsp3) is 0.621. The number of aliphatic hydroxyl groups excluding tert-OH is 2. The minimum atomic E-state index is -0.687. The minimum Gasteiger partial charge on any atom is -0.507 e. The summed E-state index contributed by atoms with van der Waals surface area (Å²) in [7, 11) is 0. The predicted molar refractivity (Wildman–Crippen MR) is 135 cm³/mol. The standard InChI is InChI=1S/C29H38N2O5/c1-3-16-12-18-13-20-19-6-4-8-24(34)30-11-5-7-21-28(35)27(29(36)31-21)22(32)10-9-17(19)14-23(33)26(20)25(18)15(16)2/h3-4,8-10,15-21,23,25-26,32-33H,1,5-7,11-14H2,2H3,(H,30,34)(H,31,36)/b8-4-,10-9+,27-22?/t15-,16-,17+,18+,19-,20+,21?,23-,25+,26-/m0/s1.